The SMILES string of the molecule is CNc1cc(Nc2nccc(NCc3ccc4[nH]ccc4c3)n2)c2cc[nH]c2c1. The van der Waals surface area contributed by atoms with Crippen LogP contribution in [0.5, 0.6) is 0 Å². The van der Waals surface area contributed by atoms with Crippen LogP contribution in [0.4, 0.5) is 23.1 Å². The zero-order chi connectivity index (χ0) is 19.6. The van der Waals surface area contributed by atoms with Crippen LogP contribution in [0, 0.1) is 0 Å². The van der Waals surface area contributed by atoms with Gasteiger partial charge in [0.2, 0.25) is 5.95 Å². The first-order chi connectivity index (χ1) is 14.3. The van der Waals surface area contributed by atoms with E-state index in [-0.39, 0.29) is 0 Å². The van der Waals surface area contributed by atoms with E-state index >= 15 is 0 Å². The number of nitrogens with one attached hydrogen (secondary N) is 5. The summed E-state index contributed by atoms with van der Waals surface area (Å²) in [5.74, 6) is 1.32. The number of anilines is 4. The second kappa shape index (κ2) is 7.20. The van der Waals surface area contributed by atoms with Gasteiger partial charge in [-0.25, -0.2) is 4.98 Å². The maximum atomic E-state index is 4.61. The Morgan fingerprint density at radius 3 is 2.76 bits per heavy atom. The molecular formula is C22H21N7. The average molecular weight is 383 g/mol. The van der Waals surface area contributed by atoms with Crippen molar-refractivity contribution in [1.82, 2.24) is 19.9 Å². The van der Waals surface area contributed by atoms with Gasteiger partial charge in [0, 0.05) is 54.3 Å². The Morgan fingerprint density at radius 1 is 0.931 bits per heavy atom. The summed E-state index contributed by atoms with van der Waals surface area (Å²) in [7, 11) is 1.90. The maximum Gasteiger partial charge on any atom is 0.229 e. The van der Waals surface area contributed by atoms with Gasteiger partial charge in [0.25, 0.3) is 0 Å². The lowest BCUT2D eigenvalue weighted by atomic mass is 10.1. The number of benzene rings is 2. The molecule has 7 heteroatoms. The van der Waals surface area contributed by atoms with Crippen LogP contribution in [0.1, 0.15) is 5.56 Å². The van der Waals surface area contributed by atoms with E-state index < -0.39 is 0 Å². The number of rotatable bonds is 6. The summed E-state index contributed by atoms with van der Waals surface area (Å²) in [5, 5.41) is 12.2. The summed E-state index contributed by atoms with van der Waals surface area (Å²) in [6.07, 6.45) is 5.63. The molecule has 0 saturated carbocycles. The molecule has 2 aromatic carbocycles. The van der Waals surface area contributed by atoms with Gasteiger partial charge >= 0.3 is 0 Å². The fraction of sp³-hybridized carbons (Fsp3) is 0.0909. The minimum absolute atomic E-state index is 0.548. The highest BCUT2D eigenvalue weighted by atomic mass is 15.1. The van der Waals surface area contributed by atoms with Crippen molar-refractivity contribution >= 4 is 44.9 Å². The number of hydrogen-bond acceptors (Lipinski definition) is 5. The van der Waals surface area contributed by atoms with Crippen molar-refractivity contribution in [2.45, 2.75) is 6.54 Å². The summed E-state index contributed by atoms with van der Waals surface area (Å²) >= 11 is 0. The monoisotopic (exact) mass is 383 g/mol. The molecule has 7 nitrogen and oxygen atoms in total. The Bertz CT molecular complexity index is 1280. The van der Waals surface area contributed by atoms with Crippen molar-refractivity contribution in [3.05, 3.63) is 72.7 Å². The van der Waals surface area contributed by atoms with E-state index in [1.165, 1.54) is 10.9 Å². The molecule has 5 N–H and O–H groups in total. The van der Waals surface area contributed by atoms with Crippen molar-refractivity contribution in [3.63, 3.8) is 0 Å². The lowest BCUT2D eigenvalue weighted by Crippen LogP contribution is -2.04. The highest BCUT2D eigenvalue weighted by Gasteiger charge is 2.07. The van der Waals surface area contributed by atoms with Crippen LogP contribution in [0.25, 0.3) is 21.8 Å². The molecule has 0 fully saturated rings. The summed E-state index contributed by atoms with van der Waals surface area (Å²) in [4.78, 5) is 15.4. The normalized spacial score (nSPS) is 11.1. The molecule has 3 heterocycles. The fourth-order valence-corrected chi connectivity index (χ4v) is 3.46. The van der Waals surface area contributed by atoms with E-state index in [9.17, 15) is 0 Å². The molecule has 0 radical (unpaired) electrons. The molecule has 29 heavy (non-hydrogen) atoms. The smallest absolute Gasteiger partial charge is 0.229 e. The summed E-state index contributed by atoms with van der Waals surface area (Å²) < 4.78 is 0. The highest BCUT2D eigenvalue weighted by molar-refractivity contribution is 5.96. The first kappa shape index (κ1) is 17.1. The van der Waals surface area contributed by atoms with Crippen LogP contribution < -0.4 is 16.0 Å². The van der Waals surface area contributed by atoms with Crippen molar-refractivity contribution in [3.8, 4) is 0 Å². The molecule has 0 atom stereocenters. The third kappa shape index (κ3) is 3.45. The highest BCUT2D eigenvalue weighted by Crippen LogP contribution is 2.29. The molecule has 0 amide bonds. The zero-order valence-corrected chi connectivity index (χ0v) is 16.0. The van der Waals surface area contributed by atoms with Crippen LogP contribution in [0.3, 0.4) is 0 Å². The Labute approximate surface area is 167 Å². The Kier molecular flexibility index (Phi) is 4.25. The predicted molar refractivity (Wildman–Crippen MR) is 119 cm³/mol. The Morgan fingerprint density at radius 2 is 1.83 bits per heavy atom. The third-order valence-corrected chi connectivity index (χ3v) is 4.95. The molecule has 0 saturated heterocycles. The van der Waals surface area contributed by atoms with Gasteiger partial charge in [-0.3, -0.25) is 0 Å². The van der Waals surface area contributed by atoms with Crippen LogP contribution in [-0.2, 0) is 6.54 Å². The van der Waals surface area contributed by atoms with Crippen LogP contribution in [0.15, 0.2) is 67.1 Å². The molecule has 0 spiro atoms. The minimum atomic E-state index is 0.548. The molecule has 0 unspecified atom stereocenters. The molecule has 5 aromatic rings. The van der Waals surface area contributed by atoms with E-state index in [2.05, 4.69) is 66.2 Å². The largest absolute Gasteiger partial charge is 0.388 e. The second-order valence-corrected chi connectivity index (χ2v) is 6.86. The lowest BCUT2D eigenvalue weighted by Gasteiger charge is -2.11. The molecule has 0 aliphatic carbocycles. The third-order valence-electron chi connectivity index (χ3n) is 4.95. The van der Waals surface area contributed by atoms with Gasteiger partial charge in [-0.15, -0.1) is 0 Å². The molecule has 3 aromatic heterocycles. The van der Waals surface area contributed by atoms with Crippen molar-refractivity contribution in [2.24, 2.45) is 0 Å². The van der Waals surface area contributed by atoms with E-state index in [4.69, 9.17) is 0 Å². The number of H-pyrrole nitrogens is 2. The van der Waals surface area contributed by atoms with E-state index in [1.807, 2.05) is 37.6 Å². The van der Waals surface area contributed by atoms with Gasteiger partial charge in [-0.1, -0.05) is 6.07 Å². The van der Waals surface area contributed by atoms with E-state index in [0.29, 0.717) is 12.5 Å². The molecule has 0 aliphatic rings. The topological polar surface area (TPSA) is 93.5 Å². The number of aromatic amines is 2. The first-order valence-corrected chi connectivity index (χ1v) is 9.47. The molecule has 144 valence electrons. The Balaban J connectivity index is 1.35. The maximum absolute atomic E-state index is 4.61. The average Bonchev–Trinajstić information content (AvgIpc) is 3.41. The number of nitrogens with zero attached hydrogens (tertiary/aromatic N) is 2. The van der Waals surface area contributed by atoms with Gasteiger partial charge in [0.15, 0.2) is 0 Å². The van der Waals surface area contributed by atoms with Gasteiger partial charge in [-0.2, -0.15) is 4.98 Å². The van der Waals surface area contributed by atoms with E-state index in [0.717, 1.165) is 33.6 Å². The lowest BCUT2D eigenvalue weighted by molar-refractivity contribution is 1.09. The van der Waals surface area contributed by atoms with Gasteiger partial charge in [0.05, 0.1) is 5.69 Å². The van der Waals surface area contributed by atoms with Crippen molar-refractivity contribution in [1.29, 1.82) is 0 Å². The summed E-state index contributed by atoms with van der Waals surface area (Å²) in [6.45, 7) is 0.689. The van der Waals surface area contributed by atoms with Crippen LogP contribution in [0.2, 0.25) is 0 Å². The zero-order valence-electron chi connectivity index (χ0n) is 16.0. The standard InChI is InChI=1S/C22H21N7/c1-23-16-11-19-17(5-8-25-19)20(12-16)28-22-26-9-6-21(29-22)27-13-14-2-3-18-15(10-14)4-7-24-18/h2-12,23-25H,13H2,1H3,(H2,26,27,28,29). The summed E-state index contributed by atoms with van der Waals surface area (Å²) in [6, 6.07) is 16.5. The van der Waals surface area contributed by atoms with Gasteiger partial charge in [0.1, 0.15) is 5.82 Å². The van der Waals surface area contributed by atoms with Crippen molar-refractivity contribution in [2.75, 3.05) is 23.0 Å². The number of aromatic nitrogens is 4. The van der Waals surface area contributed by atoms with Crippen molar-refractivity contribution < 1.29 is 0 Å². The molecule has 0 aliphatic heterocycles. The molecular weight excluding hydrogens is 362 g/mol. The fourth-order valence-electron chi connectivity index (χ4n) is 3.46. The predicted octanol–water partition coefficient (Wildman–Crippen LogP) is 4.84. The van der Waals surface area contributed by atoms with Crippen LogP contribution >= 0.6 is 0 Å². The quantitative estimate of drug-likeness (QED) is 0.289. The minimum Gasteiger partial charge on any atom is -0.388 e. The Hall–Kier alpha value is -4.00. The number of fused-ring (bicyclic) bond motifs is 2. The molecule has 0 bridgehead atoms. The second-order valence-electron chi connectivity index (χ2n) is 6.86. The first-order valence-electron chi connectivity index (χ1n) is 9.47. The van der Waals surface area contributed by atoms with Gasteiger partial charge in [-0.05, 0) is 53.4 Å². The summed E-state index contributed by atoms with van der Waals surface area (Å²) in [5.41, 5.74) is 5.34. The van der Waals surface area contributed by atoms with E-state index in [1.54, 1.807) is 6.20 Å². The molecule has 5 rings (SSSR count). The van der Waals surface area contributed by atoms with Gasteiger partial charge < -0.3 is 25.9 Å². The number of hydrogen-bond donors (Lipinski definition) is 5. The van der Waals surface area contributed by atoms with Crippen LogP contribution in [-0.4, -0.2) is 27.0 Å².